The summed E-state index contributed by atoms with van der Waals surface area (Å²) in [5.74, 6) is 0.0457. The zero-order valence-electron chi connectivity index (χ0n) is 14.8. The van der Waals surface area contributed by atoms with Crippen LogP contribution in [0.4, 0.5) is 4.39 Å². The number of aryl methyl sites for hydroxylation is 1. The molecule has 0 aliphatic heterocycles. The van der Waals surface area contributed by atoms with E-state index in [1.54, 1.807) is 25.3 Å². The second-order valence-corrected chi connectivity index (χ2v) is 6.15. The number of rotatable bonds is 6. The van der Waals surface area contributed by atoms with Crippen LogP contribution in [0.3, 0.4) is 0 Å². The van der Waals surface area contributed by atoms with Crippen LogP contribution in [0, 0.1) is 12.7 Å². The molecule has 26 heavy (non-hydrogen) atoms. The van der Waals surface area contributed by atoms with Gasteiger partial charge in [0.05, 0.1) is 12.7 Å². The van der Waals surface area contributed by atoms with Crippen molar-refractivity contribution >= 4 is 5.91 Å². The van der Waals surface area contributed by atoms with Crippen LogP contribution >= 0.6 is 0 Å². The summed E-state index contributed by atoms with van der Waals surface area (Å²) < 4.78 is 20.6. The van der Waals surface area contributed by atoms with Gasteiger partial charge in [-0.3, -0.25) is 4.79 Å². The molecule has 0 aliphatic carbocycles. The molecule has 0 aliphatic rings. The lowest BCUT2D eigenvalue weighted by molar-refractivity contribution is 0.0999. The van der Waals surface area contributed by atoms with Crippen molar-refractivity contribution < 1.29 is 13.9 Å². The smallest absolute Gasteiger partial charge is 0.250 e. The lowest BCUT2D eigenvalue weighted by Gasteiger charge is -2.13. The Morgan fingerprint density at radius 3 is 2.54 bits per heavy atom. The zero-order chi connectivity index (χ0) is 18.7. The van der Waals surface area contributed by atoms with Gasteiger partial charge in [0.15, 0.2) is 0 Å². The molecule has 1 amide bonds. The van der Waals surface area contributed by atoms with Crippen molar-refractivity contribution in [3.05, 3.63) is 77.2 Å². The summed E-state index contributed by atoms with van der Waals surface area (Å²) in [6.07, 6.45) is 0.763. The molecule has 1 heterocycles. The molecule has 0 saturated carbocycles. The Morgan fingerprint density at radius 2 is 1.88 bits per heavy atom. The molecule has 3 aromatic rings. The van der Waals surface area contributed by atoms with Crippen molar-refractivity contribution in [2.75, 3.05) is 7.11 Å². The average Bonchev–Trinajstić information content (AvgIpc) is 2.97. The number of carbonyl (C=O) groups is 1. The van der Waals surface area contributed by atoms with Gasteiger partial charge in [0.2, 0.25) is 0 Å². The monoisotopic (exact) mass is 352 g/mol. The third-order valence-electron chi connectivity index (χ3n) is 4.53. The van der Waals surface area contributed by atoms with E-state index >= 15 is 0 Å². The predicted molar refractivity (Wildman–Crippen MR) is 99.8 cm³/mol. The quantitative estimate of drug-likeness (QED) is 0.730. The third-order valence-corrected chi connectivity index (χ3v) is 4.53. The van der Waals surface area contributed by atoms with Gasteiger partial charge in [-0.05, 0) is 66.9 Å². The molecule has 2 aromatic carbocycles. The second-order valence-electron chi connectivity index (χ2n) is 6.15. The predicted octanol–water partition coefficient (Wildman–Crippen LogP) is 3.95. The topological polar surface area (TPSA) is 57.2 Å². The van der Waals surface area contributed by atoms with Crippen LogP contribution in [-0.4, -0.2) is 17.6 Å². The van der Waals surface area contributed by atoms with Gasteiger partial charge in [0.25, 0.3) is 5.91 Å². The van der Waals surface area contributed by atoms with Gasteiger partial charge >= 0.3 is 0 Å². The maximum Gasteiger partial charge on any atom is 0.250 e. The number of nitrogens with zero attached hydrogens (tertiary/aromatic N) is 1. The first kappa shape index (κ1) is 17.7. The Labute approximate surface area is 152 Å². The number of carbonyl (C=O) groups excluding carboxylic acids is 1. The summed E-state index contributed by atoms with van der Waals surface area (Å²) in [5, 5.41) is 0. The fourth-order valence-corrected chi connectivity index (χ4v) is 3.11. The number of halogens is 1. The van der Waals surface area contributed by atoms with E-state index < -0.39 is 5.91 Å². The summed E-state index contributed by atoms with van der Waals surface area (Å²) in [4.78, 5) is 11.8. The van der Waals surface area contributed by atoms with E-state index in [1.165, 1.54) is 12.1 Å². The molecule has 0 fully saturated rings. The number of nitrogens with two attached hydrogens (primary N) is 1. The Hall–Kier alpha value is -3.08. The minimum atomic E-state index is -0.467. The number of ether oxygens (including phenoxy) is 1. The highest BCUT2D eigenvalue weighted by Crippen LogP contribution is 2.27. The molecule has 3 rings (SSSR count). The Morgan fingerprint density at radius 1 is 1.15 bits per heavy atom. The molecule has 4 nitrogen and oxygen atoms in total. The van der Waals surface area contributed by atoms with Crippen molar-refractivity contribution in [2.45, 2.75) is 19.9 Å². The van der Waals surface area contributed by atoms with Crippen LogP contribution in [0.1, 0.15) is 21.6 Å². The standard InChI is InChI=1S/C21H21FN2O2/c1-14-19(21(23)25)13-20(16-6-8-17(22)9-7-16)24(14)11-10-15-4-3-5-18(12-15)26-2/h3-9,12-13H,10-11H2,1-2H3,(H2,23,25). The molecule has 2 N–H and O–H groups in total. The number of hydrogen-bond acceptors (Lipinski definition) is 2. The van der Waals surface area contributed by atoms with Crippen molar-refractivity contribution in [1.29, 1.82) is 0 Å². The number of benzene rings is 2. The van der Waals surface area contributed by atoms with Gasteiger partial charge in [-0.2, -0.15) is 0 Å². The summed E-state index contributed by atoms with van der Waals surface area (Å²) in [6.45, 7) is 2.54. The number of aromatic nitrogens is 1. The van der Waals surface area contributed by atoms with Crippen LogP contribution in [0.25, 0.3) is 11.3 Å². The lowest BCUT2D eigenvalue weighted by Crippen LogP contribution is -2.13. The summed E-state index contributed by atoms with van der Waals surface area (Å²) in [5.41, 5.74) is 9.62. The van der Waals surface area contributed by atoms with Gasteiger partial charge in [-0.1, -0.05) is 12.1 Å². The molecular weight excluding hydrogens is 331 g/mol. The SMILES string of the molecule is COc1cccc(CCn2c(-c3ccc(F)cc3)cc(C(N)=O)c2C)c1. The third kappa shape index (κ3) is 3.61. The molecule has 134 valence electrons. The average molecular weight is 352 g/mol. The van der Waals surface area contributed by atoms with Gasteiger partial charge < -0.3 is 15.0 Å². The maximum atomic E-state index is 13.3. The van der Waals surface area contributed by atoms with Crippen LogP contribution in [0.5, 0.6) is 5.75 Å². The second kappa shape index (κ2) is 7.44. The van der Waals surface area contributed by atoms with Crippen molar-refractivity contribution in [3.63, 3.8) is 0 Å². The van der Waals surface area contributed by atoms with Crippen LogP contribution in [0.2, 0.25) is 0 Å². The first-order valence-corrected chi connectivity index (χ1v) is 8.38. The summed E-state index contributed by atoms with van der Waals surface area (Å²) in [7, 11) is 1.64. The molecular formula is C21H21FN2O2. The summed E-state index contributed by atoms with van der Waals surface area (Å²) >= 11 is 0. The molecule has 0 radical (unpaired) electrons. The van der Waals surface area contributed by atoms with E-state index in [0.717, 1.165) is 34.7 Å². The Bertz CT molecular complexity index is 930. The first-order chi connectivity index (χ1) is 12.5. The van der Waals surface area contributed by atoms with Gasteiger partial charge in [0.1, 0.15) is 11.6 Å². The Balaban J connectivity index is 1.96. The van der Waals surface area contributed by atoms with Crippen molar-refractivity contribution in [2.24, 2.45) is 5.73 Å². The molecule has 5 heteroatoms. The van der Waals surface area contributed by atoms with E-state index in [4.69, 9.17) is 10.5 Å². The van der Waals surface area contributed by atoms with E-state index in [9.17, 15) is 9.18 Å². The Kier molecular flexibility index (Phi) is 5.07. The van der Waals surface area contributed by atoms with Crippen LogP contribution < -0.4 is 10.5 Å². The molecule has 0 saturated heterocycles. The minimum absolute atomic E-state index is 0.296. The number of amides is 1. The highest BCUT2D eigenvalue weighted by Gasteiger charge is 2.16. The number of primary amides is 1. The fourth-order valence-electron chi connectivity index (χ4n) is 3.11. The highest BCUT2D eigenvalue weighted by molar-refractivity contribution is 5.95. The summed E-state index contributed by atoms with van der Waals surface area (Å²) in [6, 6.07) is 15.9. The fraction of sp³-hybridized carbons (Fsp3) is 0.190. The minimum Gasteiger partial charge on any atom is -0.497 e. The van der Waals surface area contributed by atoms with Gasteiger partial charge in [-0.25, -0.2) is 4.39 Å². The molecule has 1 aromatic heterocycles. The van der Waals surface area contributed by atoms with Gasteiger partial charge in [0, 0.05) is 17.9 Å². The molecule has 0 spiro atoms. The zero-order valence-corrected chi connectivity index (χ0v) is 14.8. The van der Waals surface area contributed by atoms with Crippen molar-refractivity contribution in [3.8, 4) is 17.0 Å². The highest BCUT2D eigenvalue weighted by atomic mass is 19.1. The van der Waals surface area contributed by atoms with E-state index in [2.05, 4.69) is 0 Å². The van der Waals surface area contributed by atoms with Crippen molar-refractivity contribution in [1.82, 2.24) is 4.57 Å². The van der Waals surface area contributed by atoms with E-state index in [1.807, 2.05) is 35.8 Å². The lowest BCUT2D eigenvalue weighted by atomic mass is 10.1. The van der Waals surface area contributed by atoms with Gasteiger partial charge in [-0.15, -0.1) is 0 Å². The largest absolute Gasteiger partial charge is 0.497 e. The molecule has 0 bridgehead atoms. The van der Waals surface area contributed by atoms with E-state index in [-0.39, 0.29) is 5.82 Å². The first-order valence-electron chi connectivity index (χ1n) is 8.38. The van der Waals surface area contributed by atoms with E-state index in [0.29, 0.717) is 12.1 Å². The normalized spacial score (nSPS) is 10.7. The number of methoxy groups -OCH3 is 1. The molecule has 0 atom stereocenters. The van der Waals surface area contributed by atoms with Crippen LogP contribution in [0.15, 0.2) is 54.6 Å². The molecule has 0 unspecified atom stereocenters. The number of hydrogen-bond donors (Lipinski definition) is 1. The maximum absolute atomic E-state index is 13.3. The van der Waals surface area contributed by atoms with Crippen LogP contribution in [-0.2, 0) is 13.0 Å².